The summed E-state index contributed by atoms with van der Waals surface area (Å²) in [5.74, 6) is 0.603. The Hall–Kier alpha value is -1.80. The summed E-state index contributed by atoms with van der Waals surface area (Å²) in [4.78, 5) is 12.1. The van der Waals surface area contributed by atoms with Gasteiger partial charge < -0.3 is 15.4 Å². The lowest BCUT2D eigenvalue weighted by Gasteiger charge is -2.31. The van der Waals surface area contributed by atoms with Crippen molar-refractivity contribution < 1.29 is 17.9 Å². The summed E-state index contributed by atoms with van der Waals surface area (Å²) in [6.07, 6.45) is 2.67. The van der Waals surface area contributed by atoms with Gasteiger partial charge in [-0.15, -0.1) is 0 Å². The highest BCUT2D eigenvalue weighted by Gasteiger charge is 2.26. The topological polar surface area (TPSA) is 87.7 Å². The molecule has 1 aromatic rings. The van der Waals surface area contributed by atoms with Crippen molar-refractivity contribution in [1.82, 2.24) is 9.62 Å². The second-order valence-corrected chi connectivity index (χ2v) is 7.47. The number of carbonyl (C=O) groups excluding carboxylic acids is 1. The predicted octanol–water partition coefficient (Wildman–Crippen LogP) is 1.63. The molecule has 1 aromatic carbocycles. The quantitative estimate of drug-likeness (QED) is 0.852. The lowest BCUT2D eigenvalue weighted by Crippen LogP contribution is -2.50. The maximum absolute atomic E-state index is 12.1. The van der Waals surface area contributed by atoms with Crippen LogP contribution in [0.25, 0.3) is 0 Å². The average molecular weight is 341 g/mol. The van der Waals surface area contributed by atoms with Crippen molar-refractivity contribution in [2.75, 3.05) is 31.3 Å². The minimum atomic E-state index is -3.23. The van der Waals surface area contributed by atoms with E-state index in [2.05, 4.69) is 10.6 Å². The van der Waals surface area contributed by atoms with Crippen LogP contribution in [0.4, 0.5) is 10.5 Å². The van der Waals surface area contributed by atoms with E-state index >= 15 is 0 Å². The highest BCUT2D eigenvalue weighted by atomic mass is 32.2. The summed E-state index contributed by atoms with van der Waals surface area (Å²) in [5, 5.41) is 5.58. The molecule has 0 unspecified atom stereocenters. The van der Waals surface area contributed by atoms with Gasteiger partial charge in [-0.25, -0.2) is 17.5 Å². The number of benzene rings is 1. The number of ether oxygens (including phenoxy) is 1. The van der Waals surface area contributed by atoms with E-state index in [-0.39, 0.29) is 12.1 Å². The van der Waals surface area contributed by atoms with Crippen molar-refractivity contribution in [3.63, 3.8) is 0 Å². The first-order chi connectivity index (χ1) is 10.9. The molecule has 128 valence electrons. The van der Waals surface area contributed by atoms with Gasteiger partial charge in [-0.05, 0) is 31.9 Å². The number of urea groups is 1. The number of hydrogen-bond acceptors (Lipinski definition) is 4. The molecule has 0 radical (unpaired) electrons. The molecule has 2 rings (SSSR count). The molecule has 2 N–H and O–H groups in total. The number of anilines is 1. The van der Waals surface area contributed by atoms with Gasteiger partial charge in [-0.1, -0.05) is 12.1 Å². The Morgan fingerprint density at radius 3 is 2.83 bits per heavy atom. The fourth-order valence-corrected chi connectivity index (χ4v) is 3.47. The summed E-state index contributed by atoms with van der Waals surface area (Å²) in [6.45, 7) is 3.19. The molecule has 8 heteroatoms. The molecule has 0 aromatic heterocycles. The minimum absolute atomic E-state index is 0.197. The van der Waals surface area contributed by atoms with Crippen LogP contribution >= 0.6 is 0 Å². The Morgan fingerprint density at radius 2 is 2.13 bits per heavy atom. The number of para-hydroxylation sites is 2. The Balaban J connectivity index is 1.95. The largest absolute Gasteiger partial charge is 0.492 e. The van der Waals surface area contributed by atoms with Gasteiger partial charge in [0.05, 0.1) is 18.6 Å². The van der Waals surface area contributed by atoms with Crippen LogP contribution in [-0.4, -0.2) is 50.7 Å². The third kappa shape index (κ3) is 5.11. The lowest BCUT2D eigenvalue weighted by atomic mass is 10.1. The van der Waals surface area contributed by atoms with Crippen molar-refractivity contribution >= 4 is 21.7 Å². The molecule has 1 aliphatic rings. The Bertz CT molecular complexity index is 648. The van der Waals surface area contributed by atoms with E-state index in [1.54, 1.807) is 12.1 Å². The van der Waals surface area contributed by atoms with Crippen molar-refractivity contribution in [2.45, 2.75) is 25.8 Å². The van der Waals surface area contributed by atoms with Gasteiger partial charge in [0.25, 0.3) is 0 Å². The van der Waals surface area contributed by atoms with Crippen LogP contribution in [0.2, 0.25) is 0 Å². The SMILES string of the molecule is CCOc1ccccc1NC(=O)N[C@H]1CCCN(S(C)(=O)=O)C1. The zero-order valence-corrected chi connectivity index (χ0v) is 14.2. The van der Waals surface area contributed by atoms with E-state index in [0.717, 1.165) is 12.8 Å². The van der Waals surface area contributed by atoms with Crippen molar-refractivity contribution in [2.24, 2.45) is 0 Å². The fourth-order valence-electron chi connectivity index (χ4n) is 2.56. The molecule has 0 aliphatic carbocycles. The fraction of sp³-hybridized carbons (Fsp3) is 0.533. The maximum atomic E-state index is 12.1. The number of rotatable bonds is 5. The maximum Gasteiger partial charge on any atom is 0.319 e. The van der Waals surface area contributed by atoms with E-state index in [1.807, 2.05) is 19.1 Å². The molecule has 1 heterocycles. The third-order valence-electron chi connectivity index (χ3n) is 3.62. The van der Waals surface area contributed by atoms with Crippen molar-refractivity contribution in [1.29, 1.82) is 0 Å². The number of hydrogen-bond donors (Lipinski definition) is 2. The van der Waals surface area contributed by atoms with Gasteiger partial charge in [0.2, 0.25) is 10.0 Å². The number of amides is 2. The molecule has 0 saturated carbocycles. The first-order valence-electron chi connectivity index (χ1n) is 7.64. The average Bonchev–Trinajstić information content (AvgIpc) is 2.49. The van der Waals surface area contributed by atoms with Crippen LogP contribution in [0, 0.1) is 0 Å². The molecule has 2 amide bonds. The Labute approximate surface area is 137 Å². The van der Waals surface area contributed by atoms with E-state index < -0.39 is 10.0 Å². The van der Waals surface area contributed by atoms with E-state index in [0.29, 0.717) is 31.1 Å². The van der Waals surface area contributed by atoms with E-state index in [1.165, 1.54) is 10.6 Å². The number of carbonyl (C=O) groups is 1. The normalized spacial score (nSPS) is 19.1. The van der Waals surface area contributed by atoms with Gasteiger partial charge in [0, 0.05) is 19.1 Å². The van der Waals surface area contributed by atoms with Gasteiger partial charge in [-0.2, -0.15) is 0 Å². The molecular formula is C15H23N3O4S. The molecule has 0 spiro atoms. The Morgan fingerprint density at radius 1 is 1.39 bits per heavy atom. The Kier molecular flexibility index (Phi) is 5.84. The second-order valence-electron chi connectivity index (χ2n) is 5.49. The summed E-state index contributed by atoms with van der Waals surface area (Å²) < 4.78 is 30.1. The van der Waals surface area contributed by atoms with Gasteiger partial charge in [0.1, 0.15) is 5.75 Å². The van der Waals surface area contributed by atoms with Crippen molar-refractivity contribution in [3.8, 4) is 5.75 Å². The summed E-state index contributed by atoms with van der Waals surface area (Å²) in [5.41, 5.74) is 0.586. The molecule has 0 bridgehead atoms. The second kappa shape index (κ2) is 7.65. The monoisotopic (exact) mass is 341 g/mol. The number of piperidine rings is 1. The van der Waals surface area contributed by atoms with Gasteiger partial charge >= 0.3 is 6.03 Å². The number of nitrogens with zero attached hydrogens (tertiary/aromatic N) is 1. The van der Waals surface area contributed by atoms with Crippen LogP contribution in [0.1, 0.15) is 19.8 Å². The summed E-state index contributed by atoms with van der Waals surface area (Å²) >= 11 is 0. The molecule has 1 atom stereocenters. The van der Waals surface area contributed by atoms with Crippen LogP contribution in [0.5, 0.6) is 5.75 Å². The van der Waals surface area contributed by atoms with Crippen LogP contribution in [-0.2, 0) is 10.0 Å². The van der Waals surface area contributed by atoms with E-state index in [4.69, 9.17) is 4.74 Å². The zero-order chi connectivity index (χ0) is 16.9. The first-order valence-corrected chi connectivity index (χ1v) is 9.49. The molecule has 1 fully saturated rings. The highest BCUT2D eigenvalue weighted by Crippen LogP contribution is 2.23. The highest BCUT2D eigenvalue weighted by molar-refractivity contribution is 7.88. The van der Waals surface area contributed by atoms with Crippen LogP contribution < -0.4 is 15.4 Å². The van der Waals surface area contributed by atoms with Gasteiger partial charge in [0.15, 0.2) is 0 Å². The number of nitrogens with one attached hydrogen (secondary N) is 2. The molecular weight excluding hydrogens is 318 g/mol. The molecule has 1 aliphatic heterocycles. The summed E-state index contributed by atoms with van der Waals surface area (Å²) in [6, 6.07) is 6.62. The zero-order valence-electron chi connectivity index (χ0n) is 13.4. The molecule has 23 heavy (non-hydrogen) atoms. The smallest absolute Gasteiger partial charge is 0.319 e. The van der Waals surface area contributed by atoms with Gasteiger partial charge in [-0.3, -0.25) is 0 Å². The predicted molar refractivity (Wildman–Crippen MR) is 89.2 cm³/mol. The number of sulfonamides is 1. The molecule has 7 nitrogen and oxygen atoms in total. The minimum Gasteiger partial charge on any atom is -0.492 e. The summed E-state index contributed by atoms with van der Waals surface area (Å²) in [7, 11) is -3.23. The first kappa shape index (κ1) is 17.6. The van der Waals surface area contributed by atoms with E-state index in [9.17, 15) is 13.2 Å². The van der Waals surface area contributed by atoms with Crippen LogP contribution in [0.15, 0.2) is 24.3 Å². The van der Waals surface area contributed by atoms with Crippen molar-refractivity contribution in [3.05, 3.63) is 24.3 Å². The lowest BCUT2D eigenvalue weighted by molar-refractivity contribution is 0.236. The third-order valence-corrected chi connectivity index (χ3v) is 4.89. The molecule has 1 saturated heterocycles. The van der Waals surface area contributed by atoms with Crippen LogP contribution in [0.3, 0.4) is 0 Å². The standard InChI is InChI=1S/C15H23N3O4S/c1-3-22-14-9-5-4-8-13(14)17-15(19)16-12-7-6-10-18(11-12)23(2,20)21/h4-5,8-9,12H,3,6-7,10-11H2,1-2H3,(H2,16,17,19)/t12-/m0/s1.